The second-order valence-corrected chi connectivity index (χ2v) is 16.0. The van der Waals surface area contributed by atoms with Crippen molar-refractivity contribution in [3.8, 4) is 0 Å². The van der Waals surface area contributed by atoms with Crippen molar-refractivity contribution in [3.05, 3.63) is 132 Å². The van der Waals surface area contributed by atoms with E-state index in [1.165, 1.54) is 36.4 Å². The van der Waals surface area contributed by atoms with E-state index in [0.29, 0.717) is 33.6 Å². The van der Waals surface area contributed by atoms with E-state index in [1.54, 1.807) is 67.6 Å². The van der Waals surface area contributed by atoms with Crippen molar-refractivity contribution in [2.24, 2.45) is 7.05 Å². The van der Waals surface area contributed by atoms with Gasteiger partial charge in [0.05, 0.1) is 36.8 Å². The summed E-state index contributed by atoms with van der Waals surface area (Å²) in [7, 11) is -13.4. The molecule has 1 aliphatic rings. The number of hydrogen-bond donors (Lipinski definition) is 2. The quantitative estimate of drug-likeness (QED) is 0.1000. The molecule has 274 valence electrons. The van der Waals surface area contributed by atoms with Crippen LogP contribution in [0, 0.1) is 0 Å². The number of benzene rings is 4. The zero-order valence-corrected chi connectivity index (χ0v) is 30.8. The van der Waals surface area contributed by atoms with Gasteiger partial charge in [-0.2, -0.15) is 21.4 Å². The zero-order valence-electron chi connectivity index (χ0n) is 27.6. The molecule has 0 fully saturated rings. The average molecular weight is 797 g/mol. The number of rotatable bonds is 7. The van der Waals surface area contributed by atoms with Gasteiger partial charge in [0.2, 0.25) is 11.0 Å². The summed E-state index contributed by atoms with van der Waals surface area (Å²) in [6.07, 6.45) is 12.6. The number of hydrogen-bond acceptors (Lipinski definition) is 11. The standard InChI is InChI=1S/C35H28N2O9S3.O3S/c1-36-32-13-9-8-12-28(32)26(29-17-14-23(20-33(29)36)47(38,39)40)10-6-4-3-5-7-11-27-30-18-15-24(48(41,42)43)21-34(30)37(2)35-22-25(49(44,45)46)16-19-31(27)35;1-4(2)3/h3-22H,1-2H3,(H2-,38,39,40,41,42,43,44,45,46);. The smallest absolute Gasteiger partial charge is 0.425 e. The predicted octanol–water partition coefficient (Wildman–Crippen LogP) is 4.55. The van der Waals surface area contributed by atoms with Gasteiger partial charge in [0.15, 0.2) is 0 Å². The SMILES string of the molecule is CN1c2cc(S(=O)(=O)O)ccc2C(=C/C=C/C=C/C=C/c2c3ccccc3[n+](C)c3cc(S(=O)(=O)[O-])ccc23)c2ccc(S(=O)(=O)O)cc21.O=S(=O)=O. The van der Waals surface area contributed by atoms with Crippen LogP contribution in [0.2, 0.25) is 0 Å². The zero-order chi connectivity index (χ0) is 38.9. The molecule has 5 aromatic rings. The van der Waals surface area contributed by atoms with Crippen LogP contribution < -0.4 is 9.47 Å². The number of pyridine rings is 1. The first-order chi connectivity index (χ1) is 24.8. The Bertz CT molecular complexity index is 2810. The van der Waals surface area contributed by atoms with Gasteiger partial charge in [-0.25, -0.2) is 8.42 Å². The molecule has 18 heteroatoms. The third-order valence-corrected chi connectivity index (χ3v) is 10.8. The Balaban J connectivity index is 0.00000129. The lowest BCUT2D eigenvalue weighted by molar-refractivity contribution is -0.617. The highest BCUT2D eigenvalue weighted by molar-refractivity contribution is 7.86. The molecule has 0 amide bonds. The maximum absolute atomic E-state index is 11.9. The molecule has 2 heterocycles. The van der Waals surface area contributed by atoms with Gasteiger partial charge in [-0.05, 0) is 48.0 Å². The average Bonchev–Trinajstić information content (AvgIpc) is 3.08. The number of para-hydroxylation sites is 1. The van der Waals surface area contributed by atoms with Gasteiger partial charge in [0.25, 0.3) is 20.2 Å². The Hall–Kier alpha value is -5.34. The van der Waals surface area contributed by atoms with Crippen molar-refractivity contribution in [1.29, 1.82) is 0 Å². The minimum absolute atomic E-state index is 0.312. The maximum Gasteiger partial charge on any atom is 0.425 e. The Morgan fingerprint density at radius 2 is 1.15 bits per heavy atom. The molecule has 1 aliphatic heterocycles. The molecule has 14 nitrogen and oxygen atoms in total. The summed E-state index contributed by atoms with van der Waals surface area (Å²) in [5, 5.41) is 1.68. The van der Waals surface area contributed by atoms with Gasteiger partial charge in [0.1, 0.15) is 17.2 Å². The second-order valence-electron chi connectivity index (χ2n) is 11.4. The van der Waals surface area contributed by atoms with Crippen LogP contribution in [0.3, 0.4) is 0 Å². The summed E-state index contributed by atoms with van der Waals surface area (Å²) in [6.45, 7) is 0. The van der Waals surface area contributed by atoms with E-state index in [4.69, 9.17) is 12.6 Å². The molecule has 0 spiro atoms. The molecule has 0 saturated heterocycles. The van der Waals surface area contributed by atoms with E-state index in [1.807, 2.05) is 41.0 Å². The van der Waals surface area contributed by atoms with E-state index < -0.39 is 41.0 Å². The highest BCUT2D eigenvalue weighted by Crippen LogP contribution is 2.45. The van der Waals surface area contributed by atoms with Gasteiger partial charge in [-0.15, -0.1) is 12.6 Å². The topological polar surface area (TPSA) is 224 Å². The number of aryl methyl sites for hydroxylation is 1. The Kier molecular flexibility index (Phi) is 11.0. The molecule has 1 aromatic heterocycles. The summed E-state index contributed by atoms with van der Waals surface area (Å²) in [5.74, 6) is 0. The van der Waals surface area contributed by atoms with Crippen molar-refractivity contribution in [3.63, 3.8) is 0 Å². The molecular formula is C35H28N2O12S4. The predicted molar refractivity (Wildman–Crippen MR) is 195 cm³/mol. The molecule has 53 heavy (non-hydrogen) atoms. The molecule has 2 N–H and O–H groups in total. The van der Waals surface area contributed by atoms with Crippen LogP contribution in [-0.2, 0) is 48.0 Å². The molecule has 0 bridgehead atoms. The van der Waals surface area contributed by atoms with E-state index in [9.17, 15) is 38.9 Å². The molecule has 4 aromatic carbocycles. The fourth-order valence-electron chi connectivity index (χ4n) is 5.93. The minimum atomic E-state index is -4.64. The summed E-state index contributed by atoms with van der Waals surface area (Å²) < 4.78 is 129. The van der Waals surface area contributed by atoms with Crippen LogP contribution in [0.4, 0.5) is 11.4 Å². The number of anilines is 2. The Morgan fingerprint density at radius 1 is 0.660 bits per heavy atom. The van der Waals surface area contributed by atoms with Gasteiger partial charge in [-0.1, -0.05) is 66.8 Å². The normalized spacial score (nSPS) is 13.4. The first kappa shape index (κ1) is 38.9. The lowest BCUT2D eigenvalue weighted by Crippen LogP contribution is -2.30. The highest BCUT2D eigenvalue weighted by Gasteiger charge is 2.27. The van der Waals surface area contributed by atoms with Crippen molar-refractivity contribution in [2.45, 2.75) is 14.7 Å². The summed E-state index contributed by atoms with van der Waals surface area (Å²) in [5.41, 5.74) is 4.93. The van der Waals surface area contributed by atoms with Crippen LogP contribution in [0.1, 0.15) is 16.7 Å². The highest BCUT2D eigenvalue weighted by atomic mass is 32.2. The van der Waals surface area contributed by atoms with Gasteiger partial charge in [0, 0.05) is 35.9 Å². The van der Waals surface area contributed by atoms with Crippen LogP contribution >= 0.6 is 0 Å². The van der Waals surface area contributed by atoms with Crippen molar-refractivity contribution in [2.75, 3.05) is 11.9 Å². The minimum Gasteiger partial charge on any atom is -0.744 e. The van der Waals surface area contributed by atoms with Crippen LogP contribution in [0.5, 0.6) is 0 Å². The summed E-state index contributed by atoms with van der Waals surface area (Å²) in [4.78, 5) is 0.603. The molecule has 0 unspecified atom stereocenters. The fourth-order valence-corrected chi connectivity index (χ4v) is 7.42. The molecule has 0 saturated carbocycles. The van der Waals surface area contributed by atoms with E-state index in [2.05, 4.69) is 0 Å². The van der Waals surface area contributed by atoms with Crippen LogP contribution in [-0.4, -0.2) is 58.6 Å². The number of fused-ring (bicyclic) bond motifs is 4. The molecule has 6 rings (SSSR count). The van der Waals surface area contributed by atoms with Gasteiger partial charge < -0.3 is 9.45 Å². The number of allylic oxidation sites excluding steroid dienone is 6. The second kappa shape index (κ2) is 15.0. The van der Waals surface area contributed by atoms with Crippen molar-refractivity contribution < 1.29 is 56.1 Å². The molecular weight excluding hydrogens is 769 g/mol. The molecule has 0 aliphatic carbocycles. The first-order valence-electron chi connectivity index (χ1n) is 15.1. The van der Waals surface area contributed by atoms with Crippen LogP contribution in [0.15, 0.2) is 130 Å². The van der Waals surface area contributed by atoms with Crippen LogP contribution in [0.25, 0.3) is 33.5 Å². The van der Waals surface area contributed by atoms with Gasteiger partial charge in [-0.3, -0.25) is 9.11 Å². The largest absolute Gasteiger partial charge is 0.744 e. The lowest BCUT2D eigenvalue weighted by atomic mass is 9.90. The summed E-state index contributed by atoms with van der Waals surface area (Å²) >= 11 is 0. The van der Waals surface area contributed by atoms with E-state index in [0.717, 1.165) is 21.9 Å². The monoisotopic (exact) mass is 796 g/mol. The fraction of sp³-hybridized carbons (Fsp3) is 0.0571. The first-order valence-corrected chi connectivity index (χ1v) is 20.3. The summed E-state index contributed by atoms with van der Waals surface area (Å²) in [6, 6.07) is 20.2. The Morgan fingerprint density at radius 3 is 1.70 bits per heavy atom. The van der Waals surface area contributed by atoms with Gasteiger partial charge >= 0.3 is 10.6 Å². The third kappa shape index (κ3) is 8.50. The molecule has 0 radical (unpaired) electrons. The Labute approximate surface area is 306 Å². The van der Waals surface area contributed by atoms with Crippen molar-refractivity contribution >= 4 is 85.8 Å². The molecule has 0 atom stereocenters. The van der Waals surface area contributed by atoms with E-state index in [-0.39, 0.29) is 14.7 Å². The van der Waals surface area contributed by atoms with E-state index >= 15 is 0 Å². The number of aromatic nitrogens is 1. The van der Waals surface area contributed by atoms with Crippen molar-refractivity contribution in [1.82, 2.24) is 0 Å². The number of nitrogens with zero attached hydrogens (tertiary/aromatic N) is 2. The third-order valence-electron chi connectivity index (χ3n) is 8.27. The maximum atomic E-state index is 11.9. The lowest BCUT2D eigenvalue weighted by Gasteiger charge is -2.32.